The van der Waals surface area contributed by atoms with Crippen molar-refractivity contribution in [2.45, 2.75) is 58.3 Å². The first-order valence-corrected chi connectivity index (χ1v) is 6.71. The number of carbonyl (C=O) groups excluding carboxylic acids is 2. The third-order valence-electron chi connectivity index (χ3n) is 3.71. The van der Waals surface area contributed by atoms with Crippen LogP contribution in [0.5, 0.6) is 0 Å². The number of amides is 2. The molecule has 0 aliphatic carbocycles. The van der Waals surface area contributed by atoms with E-state index in [1.165, 1.54) is 0 Å². The number of piperazine rings is 1. The van der Waals surface area contributed by atoms with Crippen molar-refractivity contribution in [2.75, 3.05) is 6.54 Å². The van der Waals surface area contributed by atoms with Gasteiger partial charge in [-0.2, -0.15) is 13.2 Å². The van der Waals surface area contributed by atoms with Crippen molar-refractivity contribution in [3.05, 3.63) is 0 Å². The molecule has 116 valence electrons. The number of carbonyl (C=O) groups is 2. The molecule has 1 fully saturated rings. The first-order chi connectivity index (χ1) is 9.02. The Bertz CT molecular complexity index is 396. The fourth-order valence-corrected chi connectivity index (χ4v) is 2.37. The number of hydrogen-bond donors (Lipinski definition) is 1. The Labute approximate surface area is 116 Å². The summed E-state index contributed by atoms with van der Waals surface area (Å²) in [4.78, 5) is 25.6. The minimum absolute atomic E-state index is 0.242. The lowest BCUT2D eigenvalue weighted by molar-refractivity contribution is -0.163. The van der Waals surface area contributed by atoms with Crippen molar-refractivity contribution < 1.29 is 22.8 Å². The topological polar surface area (TPSA) is 49.4 Å². The summed E-state index contributed by atoms with van der Waals surface area (Å²) in [5.41, 5.74) is -1.12. The van der Waals surface area contributed by atoms with E-state index in [2.05, 4.69) is 5.32 Å². The fraction of sp³-hybridized carbons (Fsp3) is 0.846. The minimum Gasteiger partial charge on any atom is -0.340 e. The van der Waals surface area contributed by atoms with Crippen LogP contribution in [0.4, 0.5) is 13.2 Å². The normalized spacial score (nSPS) is 28.0. The Morgan fingerprint density at radius 2 is 1.90 bits per heavy atom. The van der Waals surface area contributed by atoms with E-state index >= 15 is 0 Å². The summed E-state index contributed by atoms with van der Waals surface area (Å²) in [7, 11) is 0. The summed E-state index contributed by atoms with van der Waals surface area (Å²) in [5.74, 6) is -1.07. The van der Waals surface area contributed by atoms with Crippen LogP contribution < -0.4 is 5.32 Å². The molecule has 4 nitrogen and oxygen atoms in total. The monoisotopic (exact) mass is 294 g/mol. The Morgan fingerprint density at radius 3 is 2.30 bits per heavy atom. The number of alkyl halides is 3. The summed E-state index contributed by atoms with van der Waals surface area (Å²) >= 11 is 0. The van der Waals surface area contributed by atoms with Gasteiger partial charge in [0.1, 0.15) is 11.6 Å². The van der Waals surface area contributed by atoms with E-state index in [4.69, 9.17) is 0 Å². The lowest BCUT2D eigenvalue weighted by atomic mass is 9.88. The highest BCUT2D eigenvalue weighted by molar-refractivity contribution is 5.99. The van der Waals surface area contributed by atoms with Gasteiger partial charge in [0.15, 0.2) is 0 Å². The van der Waals surface area contributed by atoms with Crippen LogP contribution in [0.3, 0.4) is 0 Å². The zero-order valence-electron chi connectivity index (χ0n) is 12.2. The van der Waals surface area contributed by atoms with E-state index in [0.717, 1.165) is 4.90 Å². The Morgan fingerprint density at radius 1 is 1.35 bits per heavy atom. The molecule has 0 aromatic heterocycles. The molecule has 7 heteroatoms. The third-order valence-corrected chi connectivity index (χ3v) is 3.71. The van der Waals surface area contributed by atoms with Gasteiger partial charge in [-0.15, -0.1) is 0 Å². The molecule has 20 heavy (non-hydrogen) atoms. The second kappa shape index (κ2) is 5.61. The minimum atomic E-state index is -4.35. The van der Waals surface area contributed by atoms with E-state index in [9.17, 15) is 22.8 Å². The lowest BCUT2D eigenvalue weighted by Gasteiger charge is -2.45. The molecule has 1 N–H and O–H groups in total. The smallest absolute Gasteiger partial charge is 0.340 e. The van der Waals surface area contributed by atoms with Gasteiger partial charge in [0.25, 0.3) is 0 Å². The van der Waals surface area contributed by atoms with Gasteiger partial charge in [-0.25, -0.2) is 0 Å². The van der Waals surface area contributed by atoms with Crippen LogP contribution >= 0.6 is 0 Å². The Hall–Kier alpha value is -1.27. The molecule has 2 amide bonds. The predicted molar refractivity (Wildman–Crippen MR) is 67.8 cm³/mol. The first kappa shape index (κ1) is 16.8. The molecule has 2 atom stereocenters. The highest BCUT2D eigenvalue weighted by Gasteiger charge is 2.48. The molecule has 1 aliphatic heterocycles. The average Bonchev–Trinajstić information content (AvgIpc) is 2.30. The van der Waals surface area contributed by atoms with Gasteiger partial charge in [0.2, 0.25) is 11.8 Å². The third kappa shape index (κ3) is 3.43. The summed E-state index contributed by atoms with van der Waals surface area (Å²) in [5, 5.41) is 2.64. The zero-order chi connectivity index (χ0) is 15.7. The molecular weight excluding hydrogens is 273 g/mol. The molecule has 0 aromatic rings. The van der Waals surface area contributed by atoms with Gasteiger partial charge < -0.3 is 10.2 Å². The van der Waals surface area contributed by atoms with Crippen LogP contribution in [0, 0.1) is 5.92 Å². The van der Waals surface area contributed by atoms with Gasteiger partial charge in [-0.05, 0) is 19.3 Å². The number of hydrogen-bond acceptors (Lipinski definition) is 2. The van der Waals surface area contributed by atoms with Gasteiger partial charge >= 0.3 is 6.18 Å². The number of nitrogens with one attached hydrogen (secondary N) is 1. The van der Waals surface area contributed by atoms with Crippen molar-refractivity contribution in [1.82, 2.24) is 10.2 Å². The summed E-state index contributed by atoms with van der Waals surface area (Å²) < 4.78 is 37.2. The Kier molecular flexibility index (Phi) is 4.71. The Balaban J connectivity index is 3.02. The molecule has 1 rings (SSSR count). The summed E-state index contributed by atoms with van der Waals surface area (Å²) in [6.45, 7) is 6.22. The number of nitrogens with zero attached hydrogens (tertiary/aromatic N) is 1. The summed E-state index contributed by atoms with van der Waals surface area (Å²) in [6, 6.07) is -0.843. The van der Waals surface area contributed by atoms with Crippen LogP contribution in [0.1, 0.15) is 40.5 Å². The van der Waals surface area contributed by atoms with Crippen molar-refractivity contribution in [2.24, 2.45) is 5.92 Å². The maximum atomic E-state index is 12.4. The summed E-state index contributed by atoms with van der Waals surface area (Å²) in [6.07, 6.45) is -5.11. The van der Waals surface area contributed by atoms with Crippen LogP contribution in [-0.4, -0.2) is 41.0 Å². The van der Waals surface area contributed by atoms with Crippen LogP contribution in [0.15, 0.2) is 0 Å². The molecule has 0 radical (unpaired) electrons. The quantitative estimate of drug-likeness (QED) is 0.863. The van der Waals surface area contributed by atoms with E-state index in [0.29, 0.717) is 6.42 Å². The van der Waals surface area contributed by atoms with Gasteiger partial charge in [-0.1, -0.05) is 20.8 Å². The highest BCUT2D eigenvalue weighted by Crippen LogP contribution is 2.28. The predicted octanol–water partition coefficient (Wildman–Crippen LogP) is 2.09. The molecule has 0 aromatic carbocycles. The van der Waals surface area contributed by atoms with Crippen LogP contribution in [0.25, 0.3) is 0 Å². The van der Waals surface area contributed by atoms with Crippen molar-refractivity contribution in [3.63, 3.8) is 0 Å². The van der Waals surface area contributed by atoms with E-state index in [1.807, 2.05) is 0 Å². The fourth-order valence-electron chi connectivity index (χ4n) is 2.37. The second-order valence-electron chi connectivity index (χ2n) is 5.73. The van der Waals surface area contributed by atoms with Gasteiger partial charge in [-0.3, -0.25) is 9.59 Å². The van der Waals surface area contributed by atoms with Crippen LogP contribution in [-0.2, 0) is 9.59 Å². The van der Waals surface area contributed by atoms with Crippen molar-refractivity contribution >= 4 is 11.8 Å². The highest BCUT2D eigenvalue weighted by atomic mass is 19.4. The molecule has 2 unspecified atom stereocenters. The number of halogens is 3. The average molecular weight is 294 g/mol. The second-order valence-corrected chi connectivity index (χ2v) is 5.73. The van der Waals surface area contributed by atoms with Gasteiger partial charge in [0.05, 0.1) is 6.42 Å². The molecule has 1 saturated heterocycles. The molecule has 1 heterocycles. The largest absolute Gasteiger partial charge is 0.390 e. The maximum absolute atomic E-state index is 12.4. The first-order valence-electron chi connectivity index (χ1n) is 6.71. The number of rotatable bonds is 4. The molecule has 0 spiro atoms. The maximum Gasteiger partial charge on any atom is 0.390 e. The molecule has 1 aliphatic rings. The van der Waals surface area contributed by atoms with Crippen molar-refractivity contribution in [3.8, 4) is 0 Å². The molecule has 0 bridgehead atoms. The van der Waals surface area contributed by atoms with E-state index < -0.39 is 36.6 Å². The van der Waals surface area contributed by atoms with E-state index in [1.54, 1.807) is 27.7 Å². The zero-order valence-corrected chi connectivity index (χ0v) is 12.2. The lowest BCUT2D eigenvalue weighted by Crippen LogP contribution is -2.70. The standard InChI is InChI=1S/C13H21F3N2O2/c1-5-12(4)11(20)18(7-6-13(14,15)16)9(8(2)3)10(19)17-12/h8-9H,5-7H2,1-4H3,(H,17,19). The van der Waals surface area contributed by atoms with Crippen LogP contribution in [0.2, 0.25) is 0 Å². The SMILES string of the molecule is CCC1(C)NC(=O)C(C(C)C)N(CCC(F)(F)F)C1=O. The van der Waals surface area contributed by atoms with Crippen molar-refractivity contribution in [1.29, 1.82) is 0 Å². The van der Waals surface area contributed by atoms with E-state index in [-0.39, 0.29) is 11.8 Å². The molecular formula is C13H21F3N2O2. The molecule has 0 saturated carbocycles. The van der Waals surface area contributed by atoms with Gasteiger partial charge in [0, 0.05) is 6.54 Å².